The lowest BCUT2D eigenvalue weighted by molar-refractivity contribution is -0.121. The summed E-state index contributed by atoms with van der Waals surface area (Å²) in [5.74, 6) is 1.56. The lowest BCUT2D eigenvalue weighted by atomic mass is 9.96. The van der Waals surface area contributed by atoms with Crippen molar-refractivity contribution in [3.63, 3.8) is 0 Å². The van der Waals surface area contributed by atoms with Gasteiger partial charge in [-0.15, -0.1) is 0 Å². The number of carbonyl (C=O) groups is 1. The number of hydrogen-bond acceptors (Lipinski definition) is 3. The van der Waals surface area contributed by atoms with Crippen molar-refractivity contribution in [2.45, 2.75) is 19.4 Å². The van der Waals surface area contributed by atoms with Crippen LogP contribution in [0.5, 0.6) is 11.5 Å². The van der Waals surface area contributed by atoms with Crippen molar-refractivity contribution in [1.82, 2.24) is 4.90 Å². The molecule has 5 heteroatoms. The molecule has 0 bridgehead atoms. The first-order valence-corrected chi connectivity index (χ1v) is 10.6. The minimum atomic E-state index is -0.0264. The molecule has 1 heterocycles. The van der Waals surface area contributed by atoms with Crippen molar-refractivity contribution in [2.24, 2.45) is 5.92 Å². The molecular formula is C25H25ClN2O2. The van der Waals surface area contributed by atoms with Crippen LogP contribution in [0.1, 0.15) is 18.4 Å². The lowest BCUT2D eigenvalue weighted by Gasteiger charge is -2.32. The second-order valence-electron chi connectivity index (χ2n) is 7.59. The summed E-state index contributed by atoms with van der Waals surface area (Å²) in [7, 11) is 0. The molecule has 1 aliphatic heterocycles. The Morgan fingerprint density at radius 1 is 0.967 bits per heavy atom. The summed E-state index contributed by atoms with van der Waals surface area (Å²) in [5.41, 5.74) is 1.89. The Morgan fingerprint density at radius 3 is 2.43 bits per heavy atom. The minimum Gasteiger partial charge on any atom is -0.457 e. The van der Waals surface area contributed by atoms with E-state index >= 15 is 0 Å². The average Bonchev–Trinajstić information content (AvgIpc) is 2.78. The normalized spacial score (nSPS) is 16.8. The van der Waals surface area contributed by atoms with E-state index in [4.69, 9.17) is 16.3 Å². The van der Waals surface area contributed by atoms with Crippen LogP contribution in [0.4, 0.5) is 5.69 Å². The van der Waals surface area contributed by atoms with Crippen LogP contribution in [0.2, 0.25) is 5.02 Å². The van der Waals surface area contributed by atoms with E-state index in [1.165, 1.54) is 0 Å². The van der Waals surface area contributed by atoms with E-state index in [0.29, 0.717) is 0 Å². The van der Waals surface area contributed by atoms with E-state index in [2.05, 4.69) is 10.2 Å². The summed E-state index contributed by atoms with van der Waals surface area (Å²) < 4.78 is 5.80. The standard InChI is InChI=1S/C25H25ClN2O2/c26-24-11-5-4-7-19(24)17-28-16-6-8-20(18-28)25(29)27-21-12-14-23(15-13-21)30-22-9-2-1-3-10-22/h1-5,7,9-15,20H,6,8,16-18H2,(H,27,29)/t20-/m1/s1. The number of nitrogens with one attached hydrogen (secondary N) is 1. The lowest BCUT2D eigenvalue weighted by Crippen LogP contribution is -2.40. The van der Waals surface area contributed by atoms with E-state index < -0.39 is 0 Å². The largest absolute Gasteiger partial charge is 0.457 e. The van der Waals surface area contributed by atoms with Gasteiger partial charge in [-0.2, -0.15) is 0 Å². The fourth-order valence-corrected chi connectivity index (χ4v) is 3.95. The van der Waals surface area contributed by atoms with E-state index in [-0.39, 0.29) is 11.8 Å². The number of likely N-dealkylation sites (tertiary alicyclic amines) is 1. The van der Waals surface area contributed by atoms with Crippen molar-refractivity contribution in [2.75, 3.05) is 18.4 Å². The molecule has 4 nitrogen and oxygen atoms in total. The van der Waals surface area contributed by atoms with Crippen molar-refractivity contribution >= 4 is 23.2 Å². The van der Waals surface area contributed by atoms with Gasteiger partial charge in [0.05, 0.1) is 5.92 Å². The highest BCUT2D eigenvalue weighted by molar-refractivity contribution is 6.31. The van der Waals surface area contributed by atoms with Gasteiger partial charge in [0.25, 0.3) is 0 Å². The Morgan fingerprint density at radius 2 is 1.67 bits per heavy atom. The van der Waals surface area contributed by atoms with Crippen molar-refractivity contribution in [1.29, 1.82) is 0 Å². The quantitative estimate of drug-likeness (QED) is 0.533. The number of anilines is 1. The van der Waals surface area contributed by atoms with E-state index in [0.717, 1.165) is 60.2 Å². The highest BCUT2D eigenvalue weighted by Crippen LogP contribution is 2.25. The predicted octanol–water partition coefficient (Wildman–Crippen LogP) is 5.98. The van der Waals surface area contributed by atoms with Crippen LogP contribution in [-0.4, -0.2) is 23.9 Å². The Labute approximate surface area is 182 Å². The third kappa shape index (κ3) is 5.41. The Hall–Kier alpha value is -2.82. The first kappa shape index (κ1) is 20.5. The maximum Gasteiger partial charge on any atom is 0.228 e. The van der Waals surface area contributed by atoms with Crippen LogP contribution in [0.25, 0.3) is 0 Å². The predicted molar refractivity (Wildman–Crippen MR) is 121 cm³/mol. The molecule has 1 atom stereocenters. The van der Waals surface area contributed by atoms with Gasteiger partial charge < -0.3 is 10.1 Å². The second kappa shape index (κ2) is 9.79. The van der Waals surface area contributed by atoms with Gasteiger partial charge in [-0.05, 0) is 67.4 Å². The number of carbonyl (C=O) groups excluding carboxylic acids is 1. The Bertz CT molecular complexity index is 976. The van der Waals surface area contributed by atoms with Gasteiger partial charge in [0, 0.05) is 23.8 Å². The highest BCUT2D eigenvalue weighted by Gasteiger charge is 2.26. The molecule has 3 aromatic rings. The Balaban J connectivity index is 1.32. The SMILES string of the molecule is O=C(Nc1ccc(Oc2ccccc2)cc1)[C@@H]1CCCN(Cc2ccccc2Cl)C1. The summed E-state index contributed by atoms with van der Waals surface area (Å²) in [5, 5.41) is 3.83. The first-order chi connectivity index (χ1) is 14.7. The number of amides is 1. The van der Waals surface area contributed by atoms with Gasteiger partial charge in [0.2, 0.25) is 5.91 Å². The number of para-hydroxylation sites is 1. The summed E-state index contributed by atoms with van der Waals surface area (Å²) in [4.78, 5) is 15.1. The van der Waals surface area contributed by atoms with E-state index in [1.807, 2.05) is 78.9 Å². The third-order valence-corrected chi connectivity index (χ3v) is 5.70. The molecule has 1 saturated heterocycles. The molecule has 0 radical (unpaired) electrons. The number of ether oxygens (including phenoxy) is 1. The van der Waals surface area contributed by atoms with Crippen LogP contribution in [-0.2, 0) is 11.3 Å². The monoisotopic (exact) mass is 420 g/mol. The zero-order valence-corrected chi connectivity index (χ0v) is 17.5. The molecular weight excluding hydrogens is 396 g/mol. The topological polar surface area (TPSA) is 41.6 Å². The van der Waals surface area contributed by atoms with E-state index in [1.54, 1.807) is 0 Å². The van der Waals surface area contributed by atoms with Crippen molar-refractivity contribution in [3.8, 4) is 11.5 Å². The highest BCUT2D eigenvalue weighted by atomic mass is 35.5. The van der Waals surface area contributed by atoms with Gasteiger partial charge in [-0.3, -0.25) is 9.69 Å². The summed E-state index contributed by atoms with van der Waals surface area (Å²) in [6, 6.07) is 25.0. The van der Waals surface area contributed by atoms with Crippen LogP contribution in [0, 0.1) is 5.92 Å². The number of halogens is 1. The molecule has 0 aromatic heterocycles. The van der Waals surface area contributed by atoms with Gasteiger partial charge >= 0.3 is 0 Å². The average molecular weight is 421 g/mol. The van der Waals surface area contributed by atoms with Crippen molar-refractivity contribution < 1.29 is 9.53 Å². The first-order valence-electron chi connectivity index (χ1n) is 10.3. The van der Waals surface area contributed by atoms with Crippen LogP contribution >= 0.6 is 11.6 Å². The zero-order valence-electron chi connectivity index (χ0n) is 16.8. The molecule has 154 valence electrons. The minimum absolute atomic E-state index is 0.0264. The fourth-order valence-electron chi connectivity index (χ4n) is 3.76. The number of benzene rings is 3. The molecule has 1 fully saturated rings. The number of hydrogen-bond donors (Lipinski definition) is 1. The molecule has 0 aliphatic carbocycles. The van der Waals surface area contributed by atoms with Crippen LogP contribution < -0.4 is 10.1 Å². The molecule has 3 aromatic carbocycles. The summed E-state index contributed by atoms with van der Waals surface area (Å²) in [6.45, 7) is 2.50. The maximum absolute atomic E-state index is 12.8. The van der Waals surface area contributed by atoms with Gasteiger partial charge in [0.1, 0.15) is 11.5 Å². The molecule has 1 N–H and O–H groups in total. The zero-order chi connectivity index (χ0) is 20.8. The summed E-state index contributed by atoms with van der Waals surface area (Å²) in [6.07, 6.45) is 1.91. The molecule has 0 saturated carbocycles. The number of nitrogens with zero attached hydrogens (tertiary/aromatic N) is 1. The molecule has 1 amide bonds. The number of rotatable bonds is 6. The van der Waals surface area contributed by atoms with Crippen molar-refractivity contribution in [3.05, 3.63) is 89.4 Å². The second-order valence-corrected chi connectivity index (χ2v) is 8.00. The molecule has 1 aliphatic rings. The van der Waals surface area contributed by atoms with Gasteiger partial charge in [-0.25, -0.2) is 0 Å². The van der Waals surface area contributed by atoms with E-state index in [9.17, 15) is 4.79 Å². The van der Waals surface area contributed by atoms with Gasteiger partial charge in [-0.1, -0.05) is 48.0 Å². The summed E-state index contributed by atoms with van der Waals surface area (Å²) >= 11 is 6.30. The smallest absolute Gasteiger partial charge is 0.228 e. The number of piperidine rings is 1. The Kier molecular flexibility index (Phi) is 6.67. The third-order valence-electron chi connectivity index (χ3n) is 5.33. The maximum atomic E-state index is 12.8. The molecule has 4 rings (SSSR count). The van der Waals surface area contributed by atoms with Gasteiger partial charge in [0.15, 0.2) is 0 Å². The van der Waals surface area contributed by atoms with Crippen LogP contribution in [0.15, 0.2) is 78.9 Å². The molecule has 0 unspecified atom stereocenters. The van der Waals surface area contributed by atoms with Crippen LogP contribution in [0.3, 0.4) is 0 Å². The fraction of sp³-hybridized carbons (Fsp3) is 0.240. The molecule has 0 spiro atoms. The molecule has 30 heavy (non-hydrogen) atoms.